The van der Waals surface area contributed by atoms with Crippen molar-refractivity contribution in [1.29, 1.82) is 0 Å². The van der Waals surface area contributed by atoms with Crippen molar-refractivity contribution >= 4 is 7.41 Å². The number of hydrogen-bond acceptors (Lipinski definition) is 1. The van der Waals surface area contributed by atoms with Crippen molar-refractivity contribution in [3.8, 4) is 0 Å². The molecule has 0 bridgehead atoms. The van der Waals surface area contributed by atoms with Crippen molar-refractivity contribution in [2.24, 2.45) is 0 Å². The Balaban J connectivity index is 2.40. The molecule has 0 aromatic carbocycles. The molecule has 2 heteroatoms. The predicted octanol–water partition coefficient (Wildman–Crippen LogP) is 1.17. The molecule has 1 aliphatic heterocycles. The van der Waals surface area contributed by atoms with E-state index in [1.807, 2.05) is 0 Å². The van der Waals surface area contributed by atoms with E-state index in [9.17, 15) is 0 Å². The maximum absolute atomic E-state index is 3.51. The van der Waals surface area contributed by atoms with Crippen LogP contribution in [0, 0.1) is 0 Å². The molecule has 0 atom stereocenters. The maximum atomic E-state index is 3.51. The molecule has 0 amide bonds. The van der Waals surface area contributed by atoms with Gasteiger partial charge in [0, 0.05) is 6.54 Å². The summed E-state index contributed by atoms with van der Waals surface area (Å²) in [6, 6.07) is 0. The molecular formula is C5H13NP+. The van der Waals surface area contributed by atoms with Crippen LogP contribution in [-0.2, 0) is 0 Å². The van der Waals surface area contributed by atoms with Crippen LogP contribution in [0.1, 0.15) is 6.42 Å². The predicted molar refractivity (Wildman–Crippen MR) is 36.3 cm³/mol. The largest absolute Gasteiger partial charge is 0.193 e. The molecule has 42 valence electrons. The zero-order valence-corrected chi connectivity index (χ0v) is 5.96. The van der Waals surface area contributed by atoms with Gasteiger partial charge in [0.05, 0.1) is 26.9 Å². The van der Waals surface area contributed by atoms with Crippen molar-refractivity contribution in [2.75, 3.05) is 26.0 Å². The fourth-order valence-electron chi connectivity index (χ4n) is 0.935. The van der Waals surface area contributed by atoms with Crippen molar-refractivity contribution in [2.45, 2.75) is 6.42 Å². The lowest BCUT2D eigenvalue weighted by Gasteiger charge is -2.06. The first-order valence-corrected chi connectivity index (χ1v) is 5.66. The third-order valence-electron chi connectivity index (χ3n) is 1.43. The lowest BCUT2D eigenvalue weighted by atomic mass is 10.5. The van der Waals surface area contributed by atoms with Gasteiger partial charge in [-0.2, -0.15) is 5.09 Å². The van der Waals surface area contributed by atoms with Gasteiger partial charge >= 0.3 is 0 Å². The van der Waals surface area contributed by atoms with Crippen LogP contribution in [0.25, 0.3) is 0 Å². The summed E-state index contributed by atoms with van der Waals surface area (Å²) in [7, 11) is -0.543. The van der Waals surface area contributed by atoms with E-state index in [1.165, 1.54) is 19.1 Å². The monoisotopic (exact) mass is 118 g/mol. The smallest absolute Gasteiger partial charge is 0.0757 e. The Morgan fingerprint density at radius 2 is 2.14 bits per heavy atom. The van der Waals surface area contributed by atoms with Gasteiger partial charge in [-0.25, -0.2) is 0 Å². The van der Waals surface area contributed by atoms with Crippen LogP contribution in [0.5, 0.6) is 0 Å². The highest BCUT2D eigenvalue weighted by molar-refractivity contribution is 7.72. The van der Waals surface area contributed by atoms with E-state index in [0.29, 0.717) is 0 Å². The molecule has 0 aromatic rings. The van der Waals surface area contributed by atoms with E-state index in [4.69, 9.17) is 0 Å². The normalized spacial score (nSPS) is 28.3. The molecule has 1 saturated heterocycles. The molecule has 1 N–H and O–H groups in total. The van der Waals surface area contributed by atoms with Crippen LogP contribution in [0.2, 0.25) is 0 Å². The molecule has 0 unspecified atom stereocenters. The van der Waals surface area contributed by atoms with Gasteiger partial charge in [-0.05, 0) is 6.42 Å². The van der Waals surface area contributed by atoms with E-state index >= 15 is 0 Å². The van der Waals surface area contributed by atoms with Crippen LogP contribution < -0.4 is 5.09 Å². The average Bonchev–Trinajstić information content (AvgIpc) is 1.84. The molecule has 1 aliphatic rings. The summed E-state index contributed by atoms with van der Waals surface area (Å²) >= 11 is 0. The highest BCUT2D eigenvalue weighted by atomic mass is 31.2. The quantitative estimate of drug-likeness (QED) is 0.471. The Kier molecular flexibility index (Phi) is 1.36. The Morgan fingerprint density at radius 1 is 1.43 bits per heavy atom. The zero-order chi connectivity index (χ0) is 5.33. The summed E-state index contributed by atoms with van der Waals surface area (Å²) in [6.45, 7) is 5.99. The summed E-state index contributed by atoms with van der Waals surface area (Å²) < 4.78 is 0. The Hall–Kier alpha value is 0.390. The van der Waals surface area contributed by atoms with Crippen molar-refractivity contribution < 1.29 is 0 Å². The molecule has 0 spiro atoms. The van der Waals surface area contributed by atoms with Gasteiger partial charge in [0.2, 0.25) is 0 Å². The Morgan fingerprint density at radius 3 is 2.29 bits per heavy atom. The van der Waals surface area contributed by atoms with Gasteiger partial charge < -0.3 is 0 Å². The fraction of sp³-hybridized carbons (Fsp3) is 1.00. The van der Waals surface area contributed by atoms with Crippen LogP contribution in [0.3, 0.4) is 0 Å². The molecule has 0 aromatic heterocycles. The van der Waals surface area contributed by atoms with E-state index in [0.717, 1.165) is 0 Å². The van der Waals surface area contributed by atoms with E-state index in [2.05, 4.69) is 18.4 Å². The van der Waals surface area contributed by atoms with Gasteiger partial charge in [-0.3, -0.25) is 0 Å². The van der Waals surface area contributed by atoms with E-state index in [-0.39, 0.29) is 0 Å². The summed E-state index contributed by atoms with van der Waals surface area (Å²) in [6.07, 6.45) is 2.85. The standard InChI is InChI=1S/C5H13NP/c1-7(2)5-3-4-6-7/h6H,3-5H2,1-2H3/q+1. The zero-order valence-electron chi connectivity index (χ0n) is 5.07. The van der Waals surface area contributed by atoms with Gasteiger partial charge in [0.15, 0.2) is 0 Å². The Labute approximate surface area is 45.9 Å². The summed E-state index contributed by atoms with van der Waals surface area (Å²) in [4.78, 5) is 0. The van der Waals surface area contributed by atoms with Crippen LogP contribution in [0.4, 0.5) is 0 Å². The maximum Gasteiger partial charge on any atom is 0.0757 e. The molecule has 7 heavy (non-hydrogen) atoms. The molecular weight excluding hydrogens is 105 g/mol. The molecule has 0 radical (unpaired) electrons. The van der Waals surface area contributed by atoms with Gasteiger partial charge in [0.1, 0.15) is 0 Å². The molecule has 1 nitrogen and oxygen atoms in total. The minimum absolute atomic E-state index is 0.543. The highest BCUT2D eigenvalue weighted by Crippen LogP contribution is 2.49. The van der Waals surface area contributed by atoms with Gasteiger partial charge in [-0.1, -0.05) is 0 Å². The van der Waals surface area contributed by atoms with Gasteiger partial charge in [-0.15, -0.1) is 0 Å². The minimum atomic E-state index is -0.543. The number of hydrogen-bond donors (Lipinski definition) is 1. The third kappa shape index (κ3) is 1.40. The van der Waals surface area contributed by atoms with Crippen LogP contribution in [0.15, 0.2) is 0 Å². The second-order valence-corrected chi connectivity index (χ2v) is 6.80. The summed E-state index contributed by atoms with van der Waals surface area (Å²) in [5.74, 6) is 0. The first kappa shape index (κ1) is 5.53. The van der Waals surface area contributed by atoms with Crippen LogP contribution in [-0.4, -0.2) is 26.0 Å². The molecule has 0 saturated carbocycles. The third-order valence-corrected chi connectivity index (χ3v) is 3.95. The lowest BCUT2D eigenvalue weighted by molar-refractivity contribution is 0.938. The van der Waals surface area contributed by atoms with Crippen molar-refractivity contribution in [1.82, 2.24) is 5.09 Å². The summed E-state index contributed by atoms with van der Waals surface area (Å²) in [5.41, 5.74) is 0. The molecule has 0 aliphatic carbocycles. The number of rotatable bonds is 0. The second-order valence-electron chi connectivity index (χ2n) is 2.67. The SMILES string of the molecule is C[P+]1(C)CCCN1. The fourth-order valence-corrected chi connectivity index (χ4v) is 2.81. The Bertz CT molecular complexity index is 62.5. The van der Waals surface area contributed by atoms with Crippen molar-refractivity contribution in [3.63, 3.8) is 0 Å². The second kappa shape index (κ2) is 1.72. The topological polar surface area (TPSA) is 12.0 Å². The average molecular weight is 118 g/mol. The highest BCUT2D eigenvalue weighted by Gasteiger charge is 2.28. The molecule has 1 heterocycles. The van der Waals surface area contributed by atoms with Gasteiger partial charge in [0.25, 0.3) is 0 Å². The molecule has 1 fully saturated rings. The van der Waals surface area contributed by atoms with Crippen LogP contribution >= 0.6 is 7.41 Å². The van der Waals surface area contributed by atoms with E-state index in [1.54, 1.807) is 0 Å². The van der Waals surface area contributed by atoms with E-state index < -0.39 is 7.41 Å². The summed E-state index contributed by atoms with van der Waals surface area (Å²) in [5, 5.41) is 3.51. The first-order valence-electron chi connectivity index (χ1n) is 2.79. The molecule has 1 rings (SSSR count). The lowest BCUT2D eigenvalue weighted by Crippen LogP contribution is -2.05. The van der Waals surface area contributed by atoms with Crippen molar-refractivity contribution in [3.05, 3.63) is 0 Å². The number of nitrogens with one attached hydrogen (secondary N) is 1. The minimum Gasteiger partial charge on any atom is -0.193 e. The first-order chi connectivity index (χ1) is 3.21.